The van der Waals surface area contributed by atoms with Crippen LogP contribution in [0.1, 0.15) is 18.4 Å². The Bertz CT molecular complexity index is 545. The molecule has 0 atom stereocenters. The van der Waals surface area contributed by atoms with Gasteiger partial charge in [-0.25, -0.2) is 0 Å². The summed E-state index contributed by atoms with van der Waals surface area (Å²) in [4.78, 5) is 25.3. The molecule has 2 amide bonds. The number of hydrogen-bond acceptors (Lipinski definition) is 4. The van der Waals surface area contributed by atoms with Crippen LogP contribution in [0.15, 0.2) is 18.2 Å². The first-order valence-corrected chi connectivity index (χ1v) is 7.65. The van der Waals surface area contributed by atoms with Gasteiger partial charge in [0.05, 0.1) is 30.4 Å². The lowest BCUT2D eigenvalue weighted by atomic mass is 10.2. The van der Waals surface area contributed by atoms with E-state index in [0.29, 0.717) is 16.3 Å². The molecule has 1 aromatic carbocycles. The van der Waals surface area contributed by atoms with Crippen molar-refractivity contribution in [2.24, 2.45) is 0 Å². The molecule has 120 valence electrons. The fourth-order valence-corrected chi connectivity index (χ4v) is 2.48. The van der Waals surface area contributed by atoms with E-state index in [-0.39, 0.29) is 31.5 Å². The molecule has 0 bridgehead atoms. The van der Waals surface area contributed by atoms with Crippen LogP contribution in [-0.4, -0.2) is 48.0 Å². The first-order chi connectivity index (χ1) is 10.6. The second-order valence-corrected chi connectivity index (χ2v) is 5.60. The summed E-state index contributed by atoms with van der Waals surface area (Å²) in [5.74, 6) is -0.329. The average molecular weight is 326 g/mol. The zero-order chi connectivity index (χ0) is 15.9. The number of carbonyl (C=O) groups excluding carboxylic acids is 2. The van der Waals surface area contributed by atoms with E-state index in [1.807, 2.05) is 0 Å². The van der Waals surface area contributed by atoms with Gasteiger partial charge in [-0.15, -0.1) is 0 Å². The Kier molecular flexibility index (Phi) is 6.03. The zero-order valence-electron chi connectivity index (χ0n) is 12.3. The molecule has 1 aromatic rings. The molecule has 0 radical (unpaired) electrons. The van der Waals surface area contributed by atoms with Crippen LogP contribution in [-0.2, 0) is 16.2 Å². The highest BCUT2D eigenvalue weighted by Crippen LogP contribution is 2.22. The van der Waals surface area contributed by atoms with Crippen LogP contribution < -0.4 is 10.6 Å². The molecule has 2 rings (SSSR count). The number of likely N-dealkylation sites (tertiary alicyclic amines) is 1. The van der Waals surface area contributed by atoms with Gasteiger partial charge in [-0.3, -0.25) is 9.59 Å². The maximum Gasteiger partial charge on any atom is 0.241 e. The summed E-state index contributed by atoms with van der Waals surface area (Å²) in [6.07, 6.45) is 2.06. The van der Waals surface area contributed by atoms with Gasteiger partial charge in [0, 0.05) is 13.1 Å². The predicted octanol–water partition coefficient (Wildman–Crippen LogP) is 0.983. The van der Waals surface area contributed by atoms with E-state index in [1.54, 1.807) is 23.1 Å². The second-order valence-electron chi connectivity index (χ2n) is 5.19. The van der Waals surface area contributed by atoms with Crippen molar-refractivity contribution in [3.63, 3.8) is 0 Å². The Balaban J connectivity index is 1.76. The molecule has 1 heterocycles. The number of nitrogens with zero attached hydrogens (tertiary/aromatic N) is 1. The van der Waals surface area contributed by atoms with Gasteiger partial charge < -0.3 is 20.6 Å². The van der Waals surface area contributed by atoms with E-state index in [4.69, 9.17) is 16.7 Å². The second kappa shape index (κ2) is 8.00. The van der Waals surface area contributed by atoms with E-state index in [2.05, 4.69) is 10.6 Å². The molecular weight excluding hydrogens is 306 g/mol. The predicted molar refractivity (Wildman–Crippen MR) is 84.7 cm³/mol. The summed E-state index contributed by atoms with van der Waals surface area (Å²) in [6.45, 7) is 1.49. The third kappa shape index (κ3) is 4.61. The van der Waals surface area contributed by atoms with Crippen molar-refractivity contribution < 1.29 is 14.7 Å². The number of carbonyl (C=O) groups is 2. The normalized spacial score (nSPS) is 14.0. The fraction of sp³-hybridized carbons (Fsp3) is 0.467. The van der Waals surface area contributed by atoms with E-state index < -0.39 is 0 Å². The first kappa shape index (κ1) is 16.6. The number of nitrogens with one attached hydrogen (secondary N) is 2. The SMILES string of the molecule is O=C(CNc1cc(CO)ccc1Cl)NCC(=O)N1CCCC1. The van der Waals surface area contributed by atoms with Gasteiger partial charge in [0.25, 0.3) is 0 Å². The molecule has 0 aliphatic carbocycles. The van der Waals surface area contributed by atoms with Crippen molar-refractivity contribution in [1.29, 1.82) is 0 Å². The minimum absolute atomic E-state index is 0.0158. The monoisotopic (exact) mass is 325 g/mol. The number of rotatable bonds is 6. The van der Waals surface area contributed by atoms with Crippen LogP contribution >= 0.6 is 11.6 Å². The Morgan fingerprint density at radius 1 is 1.23 bits per heavy atom. The minimum atomic E-state index is -0.280. The van der Waals surface area contributed by atoms with Crippen LogP contribution in [0.4, 0.5) is 5.69 Å². The lowest BCUT2D eigenvalue weighted by Gasteiger charge is -2.15. The van der Waals surface area contributed by atoms with E-state index >= 15 is 0 Å². The Hall–Kier alpha value is -1.79. The van der Waals surface area contributed by atoms with Crippen LogP contribution in [0.3, 0.4) is 0 Å². The molecular formula is C15H20ClN3O3. The molecule has 22 heavy (non-hydrogen) atoms. The van der Waals surface area contributed by atoms with Gasteiger partial charge in [-0.05, 0) is 30.5 Å². The van der Waals surface area contributed by atoms with Gasteiger partial charge in [0.1, 0.15) is 0 Å². The summed E-state index contributed by atoms with van der Waals surface area (Å²) in [7, 11) is 0. The van der Waals surface area contributed by atoms with Crippen LogP contribution in [0.5, 0.6) is 0 Å². The molecule has 0 aromatic heterocycles. The van der Waals surface area contributed by atoms with E-state index in [9.17, 15) is 9.59 Å². The molecule has 1 aliphatic rings. The summed E-state index contributed by atoms with van der Waals surface area (Å²) >= 11 is 6.01. The van der Waals surface area contributed by atoms with Crippen molar-refractivity contribution in [3.8, 4) is 0 Å². The molecule has 1 fully saturated rings. The number of anilines is 1. The molecule has 0 spiro atoms. The van der Waals surface area contributed by atoms with Crippen LogP contribution in [0.2, 0.25) is 5.02 Å². The molecule has 7 heteroatoms. The lowest BCUT2D eigenvalue weighted by molar-refractivity contribution is -0.131. The highest BCUT2D eigenvalue weighted by Gasteiger charge is 2.18. The van der Waals surface area contributed by atoms with Crippen molar-refractivity contribution in [3.05, 3.63) is 28.8 Å². The molecule has 1 saturated heterocycles. The largest absolute Gasteiger partial charge is 0.392 e. The summed E-state index contributed by atoms with van der Waals surface area (Å²) in [5, 5.41) is 15.1. The third-order valence-electron chi connectivity index (χ3n) is 3.55. The van der Waals surface area contributed by atoms with Gasteiger partial charge in [-0.2, -0.15) is 0 Å². The molecule has 0 saturated carbocycles. The number of aliphatic hydroxyl groups is 1. The Labute approximate surface area is 134 Å². The van der Waals surface area contributed by atoms with Crippen LogP contribution in [0.25, 0.3) is 0 Å². The maximum atomic E-state index is 11.8. The number of hydrogen-bond donors (Lipinski definition) is 3. The molecule has 6 nitrogen and oxygen atoms in total. The molecule has 3 N–H and O–H groups in total. The smallest absolute Gasteiger partial charge is 0.241 e. The van der Waals surface area contributed by atoms with Gasteiger partial charge in [-0.1, -0.05) is 17.7 Å². The van der Waals surface area contributed by atoms with Crippen LogP contribution in [0, 0.1) is 0 Å². The summed E-state index contributed by atoms with van der Waals surface area (Å²) in [5.41, 5.74) is 1.28. The maximum absolute atomic E-state index is 11.8. The highest BCUT2D eigenvalue weighted by molar-refractivity contribution is 6.33. The standard InChI is InChI=1S/C15H20ClN3O3/c16-12-4-3-11(10-20)7-13(12)17-8-14(21)18-9-15(22)19-5-1-2-6-19/h3-4,7,17,20H,1-2,5-6,8-10H2,(H,18,21). The molecule has 1 aliphatic heterocycles. The number of benzene rings is 1. The van der Waals surface area contributed by atoms with Gasteiger partial charge in [0.2, 0.25) is 11.8 Å². The quantitative estimate of drug-likeness (QED) is 0.728. The lowest BCUT2D eigenvalue weighted by Crippen LogP contribution is -2.40. The highest BCUT2D eigenvalue weighted by atomic mass is 35.5. The minimum Gasteiger partial charge on any atom is -0.392 e. The zero-order valence-corrected chi connectivity index (χ0v) is 13.0. The summed E-state index contributed by atoms with van der Waals surface area (Å²) in [6, 6.07) is 5.05. The van der Waals surface area contributed by atoms with Gasteiger partial charge >= 0.3 is 0 Å². The van der Waals surface area contributed by atoms with E-state index in [1.165, 1.54) is 0 Å². The number of aliphatic hydroxyl groups excluding tert-OH is 1. The third-order valence-corrected chi connectivity index (χ3v) is 3.88. The number of halogens is 1. The number of amides is 2. The van der Waals surface area contributed by atoms with Crippen molar-refractivity contribution in [2.45, 2.75) is 19.4 Å². The Morgan fingerprint density at radius 2 is 1.95 bits per heavy atom. The van der Waals surface area contributed by atoms with Crippen molar-refractivity contribution in [1.82, 2.24) is 10.2 Å². The topological polar surface area (TPSA) is 81.7 Å². The Morgan fingerprint density at radius 3 is 2.64 bits per heavy atom. The first-order valence-electron chi connectivity index (χ1n) is 7.28. The van der Waals surface area contributed by atoms with Crippen molar-refractivity contribution in [2.75, 3.05) is 31.5 Å². The molecule has 0 unspecified atom stereocenters. The fourth-order valence-electron chi connectivity index (χ4n) is 2.30. The van der Waals surface area contributed by atoms with Crippen molar-refractivity contribution >= 4 is 29.1 Å². The summed E-state index contributed by atoms with van der Waals surface area (Å²) < 4.78 is 0. The van der Waals surface area contributed by atoms with E-state index in [0.717, 1.165) is 25.9 Å². The average Bonchev–Trinajstić information content (AvgIpc) is 3.06. The van der Waals surface area contributed by atoms with Gasteiger partial charge in [0.15, 0.2) is 0 Å².